The van der Waals surface area contributed by atoms with Crippen LogP contribution in [0.2, 0.25) is 0 Å². The minimum Gasteiger partial charge on any atom is -0.444 e. The first-order chi connectivity index (χ1) is 12.0. The lowest BCUT2D eigenvalue weighted by atomic mass is 9.78. The first-order valence-electron chi connectivity index (χ1n) is 8.83. The molecule has 0 aromatic heterocycles. The van der Waals surface area contributed by atoms with Crippen molar-refractivity contribution in [3.8, 4) is 0 Å². The number of rotatable bonds is 3. The van der Waals surface area contributed by atoms with Crippen LogP contribution in [-0.2, 0) is 10.9 Å². The van der Waals surface area contributed by atoms with Crippen molar-refractivity contribution in [3.63, 3.8) is 0 Å². The van der Waals surface area contributed by atoms with E-state index in [4.69, 9.17) is 4.74 Å². The van der Waals surface area contributed by atoms with Gasteiger partial charge in [-0.1, -0.05) is 18.2 Å². The summed E-state index contributed by atoms with van der Waals surface area (Å²) in [5.41, 5.74) is -0.505. The fourth-order valence-electron chi connectivity index (χ4n) is 3.39. The van der Waals surface area contributed by atoms with Crippen molar-refractivity contribution in [1.82, 2.24) is 10.6 Å². The molecule has 1 saturated carbocycles. The quantitative estimate of drug-likeness (QED) is 0.824. The van der Waals surface area contributed by atoms with Crippen LogP contribution in [0.25, 0.3) is 0 Å². The first kappa shape index (κ1) is 20.6. The van der Waals surface area contributed by atoms with E-state index >= 15 is 0 Å². The van der Waals surface area contributed by atoms with Crippen LogP contribution in [-0.4, -0.2) is 30.8 Å². The summed E-state index contributed by atoms with van der Waals surface area (Å²) in [5.74, 6) is 0.0198. The number of alkyl carbamates (subject to hydrolysis) is 1. The second kappa shape index (κ2) is 7.86. The number of carbonyl (C=O) groups excluding carboxylic acids is 1. The zero-order chi connectivity index (χ0) is 19.5. The number of nitrogens with one attached hydrogen (secondary N) is 2. The molecule has 1 unspecified atom stereocenters. The Morgan fingerprint density at radius 2 is 1.85 bits per heavy atom. The topological polar surface area (TPSA) is 50.4 Å². The Bertz CT molecular complexity index is 626. The van der Waals surface area contributed by atoms with E-state index in [1.54, 1.807) is 33.9 Å². The fourth-order valence-corrected chi connectivity index (χ4v) is 3.39. The molecule has 0 bridgehead atoms. The van der Waals surface area contributed by atoms with Crippen LogP contribution in [0, 0.1) is 0 Å². The van der Waals surface area contributed by atoms with Gasteiger partial charge in [-0.2, -0.15) is 13.2 Å². The Labute approximate surface area is 152 Å². The van der Waals surface area contributed by atoms with Gasteiger partial charge in [0.1, 0.15) is 5.60 Å². The third-order valence-electron chi connectivity index (χ3n) is 4.61. The summed E-state index contributed by atoms with van der Waals surface area (Å²) >= 11 is 0. The van der Waals surface area contributed by atoms with Crippen LogP contribution in [0.5, 0.6) is 0 Å². The highest BCUT2D eigenvalue weighted by Crippen LogP contribution is 2.36. The van der Waals surface area contributed by atoms with Gasteiger partial charge in [0.15, 0.2) is 0 Å². The largest absolute Gasteiger partial charge is 0.444 e. The minimum absolute atomic E-state index is 0.0198. The number of ether oxygens (including phenoxy) is 1. The van der Waals surface area contributed by atoms with E-state index in [2.05, 4.69) is 10.6 Å². The summed E-state index contributed by atoms with van der Waals surface area (Å²) in [6.07, 6.45) is -2.78. The summed E-state index contributed by atoms with van der Waals surface area (Å²) in [5, 5.41) is 6.05. The normalized spacial score (nSPS) is 24.2. The molecule has 2 N–H and O–H groups in total. The van der Waals surface area contributed by atoms with Crippen LogP contribution >= 0.6 is 0 Å². The molecule has 0 spiro atoms. The van der Waals surface area contributed by atoms with Gasteiger partial charge >= 0.3 is 12.3 Å². The zero-order valence-corrected chi connectivity index (χ0v) is 15.6. The van der Waals surface area contributed by atoms with Crippen LogP contribution in [0.4, 0.5) is 18.0 Å². The van der Waals surface area contributed by atoms with Gasteiger partial charge in [-0.05, 0) is 64.6 Å². The summed E-state index contributed by atoms with van der Waals surface area (Å²) in [6, 6.07) is 5.38. The number of hydrogen-bond acceptors (Lipinski definition) is 3. The molecular weight excluding hydrogens is 345 g/mol. The number of hydrogen-bond donors (Lipinski definition) is 2. The second-order valence-electron chi connectivity index (χ2n) is 7.78. The molecule has 4 nitrogen and oxygen atoms in total. The predicted octanol–water partition coefficient (Wildman–Crippen LogP) is 4.45. The third-order valence-corrected chi connectivity index (χ3v) is 4.61. The standard InChI is InChI=1S/C19H27F3N2O2/c1-18(2,3)26-17(25)24-15-9-8-13(11-16(15)23-4)12-6-5-7-14(10-12)19(20,21)22/h5-7,10,13,15-16,23H,8-9,11H2,1-4H3,(H,24,25)/t13-,15-,16?/m0/s1. The lowest BCUT2D eigenvalue weighted by molar-refractivity contribution is -0.137. The average molecular weight is 372 g/mol. The molecule has 26 heavy (non-hydrogen) atoms. The van der Waals surface area contributed by atoms with E-state index in [0.717, 1.165) is 6.07 Å². The highest BCUT2D eigenvalue weighted by Gasteiger charge is 2.34. The number of likely N-dealkylation sites (N-methyl/N-ethyl adjacent to an activating group) is 1. The van der Waals surface area contributed by atoms with Gasteiger partial charge in [0.2, 0.25) is 0 Å². The monoisotopic (exact) mass is 372 g/mol. The van der Waals surface area contributed by atoms with Crippen molar-refractivity contribution in [2.75, 3.05) is 7.05 Å². The van der Waals surface area contributed by atoms with Gasteiger partial charge in [-0.3, -0.25) is 0 Å². The molecule has 0 aliphatic heterocycles. The van der Waals surface area contributed by atoms with Crippen molar-refractivity contribution in [1.29, 1.82) is 0 Å². The Balaban J connectivity index is 2.04. The molecular formula is C19H27F3N2O2. The highest BCUT2D eigenvalue weighted by molar-refractivity contribution is 5.68. The van der Waals surface area contributed by atoms with E-state index in [0.29, 0.717) is 24.8 Å². The number of alkyl halides is 3. The van der Waals surface area contributed by atoms with E-state index in [9.17, 15) is 18.0 Å². The maximum absolute atomic E-state index is 12.9. The van der Waals surface area contributed by atoms with Crippen LogP contribution < -0.4 is 10.6 Å². The highest BCUT2D eigenvalue weighted by atomic mass is 19.4. The van der Waals surface area contributed by atoms with E-state index < -0.39 is 23.4 Å². The van der Waals surface area contributed by atoms with E-state index in [1.807, 2.05) is 0 Å². The van der Waals surface area contributed by atoms with Crippen molar-refractivity contribution >= 4 is 6.09 Å². The maximum Gasteiger partial charge on any atom is 0.416 e. The van der Waals surface area contributed by atoms with Crippen molar-refractivity contribution < 1.29 is 22.7 Å². The molecule has 3 atom stereocenters. The van der Waals surface area contributed by atoms with Gasteiger partial charge in [0, 0.05) is 12.1 Å². The number of benzene rings is 1. The van der Waals surface area contributed by atoms with Crippen molar-refractivity contribution in [2.45, 2.75) is 69.8 Å². The molecule has 146 valence electrons. The van der Waals surface area contributed by atoms with Crippen LogP contribution in [0.1, 0.15) is 57.1 Å². The van der Waals surface area contributed by atoms with E-state index in [1.165, 1.54) is 12.1 Å². The lowest BCUT2D eigenvalue weighted by Crippen LogP contribution is -2.52. The smallest absolute Gasteiger partial charge is 0.416 e. The predicted molar refractivity (Wildman–Crippen MR) is 94.0 cm³/mol. The molecule has 1 aromatic carbocycles. The Morgan fingerprint density at radius 1 is 1.15 bits per heavy atom. The SMILES string of the molecule is CNC1C[C@@H](c2cccc(C(F)(F)F)c2)CC[C@@H]1NC(=O)OC(C)(C)C. The number of carbonyl (C=O) groups is 1. The summed E-state index contributed by atoms with van der Waals surface area (Å²) < 4.78 is 44.1. The van der Waals surface area contributed by atoms with Gasteiger partial charge in [-0.25, -0.2) is 4.79 Å². The molecule has 0 heterocycles. The summed E-state index contributed by atoms with van der Waals surface area (Å²) in [6.45, 7) is 5.39. The third kappa shape index (κ3) is 5.62. The summed E-state index contributed by atoms with van der Waals surface area (Å²) in [4.78, 5) is 12.0. The van der Waals surface area contributed by atoms with Crippen molar-refractivity contribution in [3.05, 3.63) is 35.4 Å². The Morgan fingerprint density at radius 3 is 2.42 bits per heavy atom. The minimum atomic E-state index is -4.34. The zero-order valence-electron chi connectivity index (χ0n) is 15.6. The number of halogens is 3. The second-order valence-corrected chi connectivity index (χ2v) is 7.78. The maximum atomic E-state index is 12.9. The first-order valence-corrected chi connectivity index (χ1v) is 8.83. The Hall–Kier alpha value is -1.76. The number of amides is 1. The van der Waals surface area contributed by atoms with Gasteiger partial charge in [0.05, 0.1) is 5.56 Å². The Kier molecular flexibility index (Phi) is 6.21. The van der Waals surface area contributed by atoms with Crippen LogP contribution in [0.15, 0.2) is 24.3 Å². The molecule has 0 saturated heterocycles. The van der Waals surface area contributed by atoms with Gasteiger partial charge in [0.25, 0.3) is 0 Å². The molecule has 1 amide bonds. The molecule has 0 radical (unpaired) electrons. The molecule has 1 aliphatic rings. The molecule has 2 rings (SSSR count). The van der Waals surface area contributed by atoms with Crippen LogP contribution in [0.3, 0.4) is 0 Å². The van der Waals surface area contributed by atoms with Crippen molar-refractivity contribution in [2.24, 2.45) is 0 Å². The molecule has 1 aromatic rings. The fraction of sp³-hybridized carbons (Fsp3) is 0.632. The lowest BCUT2D eigenvalue weighted by Gasteiger charge is -2.37. The molecule has 1 fully saturated rings. The molecule has 1 aliphatic carbocycles. The van der Waals surface area contributed by atoms with Gasteiger partial charge < -0.3 is 15.4 Å². The molecule has 7 heteroatoms. The average Bonchev–Trinajstić information content (AvgIpc) is 2.52. The van der Waals surface area contributed by atoms with E-state index in [-0.39, 0.29) is 18.0 Å². The van der Waals surface area contributed by atoms with Gasteiger partial charge in [-0.15, -0.1) is 0 Å². The summed E-state index contributed by atoms with van der Waals surface area (Å²) in [7, 11) is 1.79.